The largest absolute Gasteiger partial charge is 0.314 e. The molecule has 0 spiro atoms. The lowest BCUT2D eigenvalue weighted by Gasteiger charge is -2.22. The van der Waals surface area contributed by atoms with Gasteiger partial charge in [-0.15, -0.1) is 0 Å². The number of rotatable bonds is 7. The third kappa shape index (κ3) is 4.23. The first kappa shape index (κ1) is 13.3. The average molecular weight is 261 g/mol. The van der Waals surface area contributed by atoms with E-state index in [1.807, 2.05) is 0 Å². The molecule has 100 valence electrons. The van der Waals surface area contributed by atoms with Crippen LogP contribution in [0, 0.1) is 11.8 Å². The van der Waals surface area contributed by atoms with Crippen LogP contribution in [-0.4, -0.2) is 31.3 Å². The van der Waals surface area contributed by atoms with E-state index in [-0.39, 0.29) is 5.75 Å². The molecule has 0 aromatic rings. The quantitative estimate of drug-likeness (QED) is 0.542. The Morgan fingerprint density at radius 2 is 1.94 bits per heavy atom. The molecule has 2 saturated carbocycles. The zero-order chi connectivity index (χ0) is 12.3. The topological polar surface area (TPSA) is 66.4 Å². The lowest BCUT2D eigenvalue weighted by atomic mass is 9.95. The third-order valence-electron chi connectivity index (χ3n) is 4.22. The van der Waals surface area contributed by atoms with Crippen molar-refractivity contribution < 1.29 is 13.0 Å². The molecule has 5 heteroatoms. The van der Waals surface area contributed by atoms with Crippen LogP contribution in [0.1, 0.15) is 44.9 Å². The Bertz CT molecular complexity index is 342. The van der Waals surface area contributed by atoms with E-state index in [4.69, 9.17) is 4.55 Å². The van der Waals surface area contributed by atoms with E-state index in [0.29, 0.717) is 6.42 Å². The molecule has 2 fully saturated rings. The van der Waals surface area contributed by atoms with Crippen LogP contribution in [0.4, 0.5) is 0 Å². The van der Waals surface area contributed by atoms with Gasteiger partial charge >= 0.3 is 0 Å². The van der Waals surface area contributed by atoms with Crippen molar-refractivity contribution in [3.05, 3.63) is 0 Å². The molecule has 0 aromatic carbocycles. The second kappa shape index (κ2) is 5.67. The summed E-state index contributed by atoms with van der Waals surface area (Å²) in [6, 6.07) is 0.718. The predicted molar refractivity (Wildman–Crippen MR) is 67.5 cm³/mol. The van der Waals surface area contributed by atoms with Crippen LogP contribution in [0.15, 0.2) is 0 Å². The van der Waals surface area contributed by atoms with Gasteiger partial charge in [0.1, 0.15) is 0 Å². The molecule has 17 heavy (non-hydrogen) atoms. The molecular weight excluding hydrogens is 238 g/mol. The number of unbranched alkanes of at least 4 members (excludes halogenated alkanes) is 2. The molecule has 0 radical (unpaired) electrons. The van der Waals surface area contributed by atoms with Crippen LogP contribution < -0.4 is 5.32 Å². The highest BCUT2D eigenvalue weighted by Gasteiger charge is 2.38. The van der Waals surface area contributed by atoms with Gasteiger partial charge in [0.2, 0.25) is 0 Å². The second-order valence-corrected chi connectivity index (χ2v) is 7.15. The van der Waals surface area contributed by atoms with Gasteiger partial charge in [0, 0.05) is 6.04 Å². The first-order valence-electron chi connectivity index (χ1n) is 6.73. The molecule has 2 rings (SSSR count). The van der Waals surface area contributed by atoms with Crippen molar-refractivity contribution in [3.63, 3.8) is 0 Å². The molecule has 2 bridgehead atoms. The molecule has 0 amide bonds. The Hall–Kier alpha value is -0.130. The van der Waals surface area contributed by atoms with Crippen LogP contribution in [0.5, 0.6) is 0 Å². The number of fused-ring (bicyclic) bond motifs is 2. The molecule has 3 atom stereocenters. The maximum atomic E-state index is 10.5. The van der Waals surface area contributed by atoms with Crippen molar-refractivity contribution in [3.8, 4) is 0 Å². The van der Waals surface area contributed by atoms with Gasteiger partial charge in [0.05, 0.1) is 5.75 Å². The highest BCUT2D eigenvalue weighted by molar-refractivity contribution is 7.85. The predicted octanol–water partition coefficient (Wildman–Crippen LogP) is 1.82. The standard InChI is InChI=1S/C12H23NO3S/c14-17(15,16)7-3-1-2-6-13-12-9-10-4-5-11(12)8-10/h10-13H,1-9H2,(H,14,15,16)/t10-,11-,12?/m0/s1. The summed E-state index contributed by atoms with van der Waals surface area (Å²) in [4.78, 5) is 0. The number of hydrogen-bond acceptors (Lipinski definition) is 3. The lowest BCUT2D eigenvalue weighted by Crippen LogP contribution is -2.34. The second-order valence-electron chi connectivity index (χ2n) is 5.58. The van der Waals surface area contributed by atoms with Crippen LogP contribution >= 0.6 is 0 Å². The van der Waals surface area contributed by atoms with E-state index in [9.17, 15) is 8.42 Å². The fourth-order valence-electron chi connectivity index (χ4n) is 3.37. The molecule has 0 aliphatic heterocycles. The van der Waals surface area contributed by atoms with Gasteiger partial charge in [-0.05, 0) is 50.5 Å². The number of nitrogens with one attached hydrogen (secondary N) is 1. The summed E-state index contributed by atoms with van der Waals surface area (Å²) < 4.78 is 29.6. The van der Waals surface area contributed by atoms with Crippen molar-refractivity contribution in [1.29, 1.82) is 0 Å². The summed E-state index contributed by atoms with van der Waals surface area (Å²) >= 11 is 0. The normalized spacial score (nSPS) is 32.2. The molecule has 0 heterocycles. The first-order valence-corrected chi connectivity index (χ1v) is 8.34. The third-order valence-corrected chi connectivity index (χ3v) is 5.03. The van der Waals surface area contributed by atoms with E-state index in [2.05, 4.69) is 5.32 Å². The van der Waals surface area contributed by atoms with Gasteiger partial charge in [0.15, 0.2) is 0 Å². The van der Waals surface area contributed by atoms with Crippen molar-refractivity contribution >= 4 is 10.1 Å². The Morgan fingerprint density at radius 3 is 2.53 bits per heavy atom. The van der Waals surface area contributed by atoms with Crippen LogP contribution in [-0.2, 0) is 10.1 Å². The van der Waals surface area contributed by atoms with Gasteiger partial charge in [0.25, 0.3) is 10.1 Å². The lowest BCUT2D eigenvalue weighted by molar-refractivity contribution is 0.349. The van der Waals surface area contributed by atoms with Crippen LogP contribution in [0.3, 0.4) is 0 Å². The molecule has 2 aliphatic rings. The summed E-state index contributed by atoms with van der Waals surface area (Å²) in [6.07, 6.45) is 8.02. The molecule has 2 aliphatic carbocycles. The maximum Gasteiger partial charge on any atom is 0.264 e. The zero-order valence-electron chi connectivity index (χ0n) is 10.3. The molecule has 4 nitrogen and oxygen atoms in total. The average Bonchev–Trinajstić information content (AvgIpc) is 2.83. The Kier molecular flexibility index (Phi) is 4.44. The minimum Gasteiger partial charge on any atom is -0.314 e. The first-order chi connectivity index (χ1) is 8.04. The van der Waals surface area contributed by atoms with E-state index in [0.717, 1.165) is 37.3 Å². The molecule has 0 saturated heterocycles. The van der Waals surface area contributed by atoms with Crippen LogP contribution in [0.25, 0.3) is 0 Å². The van der Waals surface area contributed by atoms with E-state index < -0.39 is 10.1 Å². The highest BCUT2D eigenvalue weighted by Crippen LogP contribution is 2.44. The monoisotopic (exact) mass is 261 g/mol. The van der Waals surface area contributed by atoms with Crippen molar-refractivity contribution in [2.45, 2.75) is 51.0 Å². The minimum atomic E-state index is -3.75. The fraction of sp³-hybridized carbons (Fsp3) is 1.00. The summed E-state index contributed by atoms with van der Waals surface area (Å²) in [5.41, 5.74) is 0. The molecule has 0 aromatic heterocycles. The van der Waals surface area contributed by atoms with Gasteiger partial charge < -0.3 is 5.32 Å². The van der Waals surface area contributed by atoms with Gasteiger partial charge in [-0.25, -0.2) is 0 Å². The molecule has 2 N–H and O–H groups in total. The van der Waals surface area contributed by atoms with Crippen molar-refractivity contribution in [2.24, 2.45) is 11.8 Å². The highest BCUT2D eigenvalue weighted by atomic mass is 32.2. The summed E-state index contributed by atoms with van der Waals surface area (Å²) in [6.45, 7) is 0.985. The summed E-state index contributed by atoms with van der Waals surface area (Å²) in [7, 11) is -3.75. The van der Waals surface area contributed by atoms with Gasteiger partial charge in [-0.2, -0.15) is 8.42 Å². The maximum absolute atomic E-state index is 10.5. The Morgan fingerprint density at radius 1 is 1.12 bits per heavy atom. The van der Waals surface area contributed by atoms with E-state index in [1.54, 1.807) is 0 Å². The molecular formula is C12H23NO3S. The number of hydrogen-bond donors (Lipinski definition) is 2. The van der Waals surface area contributed by atoms with Crippen molar-refractivity contribution in [1.82, 2.24) is 5.32 Å². The minimum absolute atomic E-state index is 0.0961. The Balaban J connectivity index is 1.50. The SMILES string of the molecule is O=S(=O)(O)CCCCCNC1C[C@H]2CC[C@H]1C2. The summed E-state index contributed by atoms with van der Waals surface area (Å²) in [5.74, 6) is 1.77. The van der Waals surface area contributed by atoms with Gasteiger partial charge in [-0.1, -0.05) is 12.8 Å². The van der Waals surface area contributed by atoms with Crippen LogP contribution in [0.2, 0.25) is 0 Å². The van der Waals surface area contributed by atoms with E-state index >= 15 is 0 Å². The molecule has 1 unspecified atom stereocenters. The Labute approximate surface area is 104 Å². The van der Waals surface area contributed by atoms with Gasteiger partial charge in [-0.3, -0.25) is 4.55 Å². The summed E-state index contributed by atoms with van der Waals surface area (Å²) in [5, 5.41) is 3.60. The fourth-order valence-corrected chi connectivity index (χ4v) is 3.94. The van der Waals surface area contributed by atoms with E-state index in [1.165, 1.54) is 25.7 Å². The zero-order valence-corrected chi connectivity index (χ0v) is 11.1. The van der Waals surface area contributed by atoms with Crippen molar-refractivity contribution in [2.75, 3.05) is 12.3 Å². The smallest absolute Gasteiger partial charge is 0.264 e.